The minimum Gasteiger partial charge on any atom is -0.367 e. The predicted molar refractivity (Wildman–Crippen MR) is 89.9 cm³/mol. The van der Waals surface area contributed by atoms with Crippen molar-refractivity contribution in [3.8, 4) is 0 Å². The van der Waals surface area contributed by atoms with E-state index in [0.29, 0.717) is 12.4 Å². The topological polar surface area (TPSA) is 118 Å². The van der Waals surface area contributed by atoms with Crippen LogP contribution >= 0.6 is 0 Å². The molecule has 130 valence electrons. The molecule has 0 saturated heterocycles. The molecule has 1 aromatic heterocycles. The second-order valence-electron chi connectivity index (χ2n) is 4.79. The van der Waals surface area contributed by atoms with Gasteiger partial charge in [0, 0.05) is 25.5 Å². The molecule has 0 spiro atoms. The Hall–Kier alpha value is -2.04. The Kier molecular flexibility index (Phi) is 5.86. The average Bonchev–Trinajstić information content (AvgIpc) is 2.60. The van der Waals surface area contributed by atoms with Crippen molar-refractivity contribution in [3.63, 3.8) is 0 Å². The molecule has 2 aromatic rings. The van der Waals surface area contributed by atoms with Crippen LogP contribution in [0.4, 0.5) is 5.82 Å². The van der Waals surface area contributed by atoms with Gasteiger partial charge < -0.3 is 5.32 Å². The van der Waals surface area contributed by atoms with Gasteiger partial charge in [0.2, 0.25) is 10.0 Å². The maximum absolute atomic E-state index is 12.2. The Balaban J connectivity index is 2.01. The summed E-state index contributed by atoms with van der Waals surface area (Å²) in [6.45, 7) is 1.93. The molecule has 2 N–H and O–H groups in total. The Morgan fingerprint density at radius 3 is 2.46 bits per heavy atom. The lowest BCUT2D eigenvalue weighted by Gasteiger charge is -2.09. The lowest BCUT2D eigenvalue weighted by Crippen LogP contribution is -2.29. The molecule has 1 heterocycles. The van der Waals surface area contributed by atoms with Gasteiger partial charge >= 0.3 is 0 Å². The molecule has 0 unspecified atom stereocenters. The highest BCUT2D eigenvalue weighted by atomic mass is 32.2. The number of rotatable bonds is 8. The Morgan fingerprint density at radius 1 is 1.04 bits per heavy atom. The number of benzene rings is 1. The third kappa shape index (κ3) is 4.73. The second-order valence-corrected chi connectivity index (χ2v) is 8.84. The summed E-state index contributed by atoms with van der Waals surface area (Å²) in [5.74, 6) is 0.444. The van der Waals surface area contributed by atoms with Crippen LogP contribution in [-0.4, -0.2) is 45.6 Å². The number of sulfonamides is 1. The molecular weight excluding hydrogens is 352 g/mol. The van der Waals surface area contributed by atoms with Crippen LogP contribution in [0.25, 0.3) is 0 Å². The molecule has 0 aliphatic heterocycles. The fourth-order valence-corrected chi connectivity index (χ4v) is 3.93. The van der Waals surface area contributed by atoms with Crippen molar-refractivity contribution in [1.82, 2.24) is 14.7 Å². The van der Waals surface area contributed by atoms with E-state index in [-0.39, 0.29) is 22.1 Å². The van der Waals surface area contributed by atoms with Gasteiger partial charge in [0.05, 0.1) is 21.7 Å². The van der Waals surface area contributed by atoms with Gasteiger partial charge in [0.15, 0.2) is 9.84 Å². The van der Waals surface area contributed by atoms with Crippen molar-refractivity contribution in [2.75, 3.05) is 24.2 Å². The van der Waals surface area contributed by atoms with E-state index in [1.54, 1.807) is 0 Å². The lowest BCUT2D eigenvalue weighted by molar-refractivity contribution is 0.582. The summed E-state index contributed by atoms with van der Waals surface area (Å²) in [5.41, 5.74) is 0. The van der Waals surface area contributed by atoms with E-state index >= 15 is 0 Å². The quantitative estimate of drug-likeness (QED) is 0.655. The smallest absolute Gasteiger partial charge is 0.240 e. The molecule has 1 aromatic carbocycles. The monoisotopic (exact) mass is 370 g/mol. The molecule has 0 atom stereocenters. The molecule has 0 fully saturated rings. The zero-order valence-electron chi connectivity index (χ0n) is 13.0. The molecule has 8 nitrogen and oxygen atoms in total. The highest BCUT2D eigenvalue weighted by Gasteiger charge is 2.18. The van der Waals surface area contributed by atoms with E-state index in [1.165, 1.54) is 43.7 Å². The predicted octanol–water partition coefficient (Wildman–Crippen LogP) is 0.661. The number of hydrogen-bond donors (Lipinski definition) is 2. The molecule has 0 aliphatic rings. The van der Waals surface area contributed by atoms with E-state index < -0.39 is 19.9 Å². The fraction of sp³-hybridized carbons (Fsp3) is 0.286. The third-order valence-corrected chi connectivity index (χ3v) is 6.33. The van der Waals surface area contributed by atoms with Crippen LogP contribution in [0, 0.1) is 0 Å². The van der Waals surface area contributed by atoms with Crippen LogP contribution in [0.15, 0.2) is 52.6 Å². The van der Waals surface area contributed by atoms with Crippen molar-refractivity contribution in [3.05, 3.63) is 42.9 Å². The van der Waals surface area contributed by atoms with Gasteiger partial charge in [-0.1, -0.05) is 13.0 Å². The highest BCUT2D eigenvalue weighted by molar-refractivity contribution is 7.91. The van der Waals surface area contributed by atoms with E-state index in [2.05, 4.69) is 20.0 Å². The maximum Gasteiger partial charge on any atom is 0.240 e. The number of aromatic nitrogens is 2. The molecule has 10 heteroatoms. The summed E-state index contributed by atoms with van der Waals surface area (Å²) in [4.78, 5) is 7.79. The normalized spacial score (nSPS) is 12.0. The molecule has 0 amide bonds. The Labute approximate surface area is 141 Å². The van der Waals surface area contributed by atoms with Crippen molar-refractivity contribution in [1.29, 1.82) is 0 Å². The SMILES string of the molecule is CCS(=O)(=O)c1cccc(S(=O)(=O)NCCNc2cnccn2)c1. The molecule has 0 bridgehead atoms. The van der Waals surface area contributed by atoms with Crippen molar-refractivity contribution in [2.45, 2.75) is 16.7 Å². The minimum atomic E-state index is -3.80. The van der Waals surface area contributed by atoms with Gasteiger partial charge in [0.1, 0.15) is 5.82 Å². The van der Waals surface area contributed by atoms with E-state index in [1.807, 2.05) is 0 Å². The van der Waals surface area contributed by atoms with E-state index in [0.717, 1.165) is 6.07 Å². The van der Waals surface area contributed by atoms with Crippen LogP contribution in [0.3, 0.4) is 0 Å². The molecular formula is C14H18N4O4S2. The second kappa shape index (κ2) is 7.69. The fourth-order valence-electron chi connectivity index (χ4n) is 1.85. The first-order chi connectivity index (χ1) is 11.3. The number of nitrogens with zero attached hydrogens (tertiary/aromatic N) is 2. The van der Waals surface area contributed by atoms with Gasteiger partial charge in [-0.15, -0.1) is 0 Å². The summed E-state index contributed by atoms with van der Waals surface area (Å²) in [6, 6.07) is 5.31. The summed E-state index contributed by atoms with van der Waals surface area (Å²) < 4.78 is 50.6. The number of sulfone groups is 1. The summed E-state index contributed by atoms with van der Waals surface area (Å²) in [7, 11) is -7.26. The van der Waals surface area contributed by atoms with Crippen LogP contribution in [0.2, 0.25) is 0 Å². The zero-order valence-corrected chi connectivity index (χ0v) is 14.6. The number of hydrogen-bond acceptors (Lipinski definition) is 7. The largest absolute Gasteiger partial charge is 0.367 e. The molecule has 0 radical (unpaired) electrons. The van der Waals surface area contributed by atoms with Crippen LogP contribution in [0.1, 0.15) is 6.92 Å². The highest BCUT2D eigenvalue weighted by Crippen LogP contribution is 2.16. The van der Waals surface area contributed by atoms with Gasteiger partial charge in [-0.25, -0.2) is 26.5 Å². The Morgan fingerprint density at radius 2 is 1.79 bits per heavy atom. The molecule has 0 saturated carbocycles. The van der Waals surface area contributed by atoms with Gasteiger partial charge in [-0.3, -0.25) is 4.98 Å². The standard InChI is InChI=1S/C14H18N4O4S2/c1-2-23(19,20)12-4-3-5-13(10-12)24(21,22)18-9-8-17-14-11-15-6-7-16-14/h3-7,10-11,18H,2,8-9H2,1H3,(H,16,17). The first-order valence-corrected chi connectivity index (χ1v) is 10.3. The van der Waals surface area contributed by atoms with E-state index in [4.69, 9.17) is 0 Å². The number of anilines is 1. The average molecular weight is 370 g/mol. The first kappa shape index (κ1) is 18.3. The van der Waals surface area contributed by atoms with Crippen LogP contribution < -0.4 is 10.0 Å². The Bertz CT molecular complexity index is 884. The van der Waals surface area contributed by atoms with Gasteiger partial charge in [-0.05, 0) is 18.2 Å². The molecule has 24 heavy (non-hydrogen) atoms. The van der Waals surface area contributed by atoms with Gasteiger partial charge in [-0.2, -0.15) is 0 Å². The van der Waals surface area contributed by atoms with Crippen LogP contribution in [-0.2, 0) is 19.9 Å². The van der Waals surface area contributed by atoms with Crippen molar-refractivity contribution < 1.29 is 16.8 Å². The molecule has 0 aliphatic carbocycles. The first-order valence-electron chi connectivity index (χ1n) is 7.17. The molecule has 2 rings (SSSR count). The van der Waals surface area contributed by atoms with Crippen LogP contribution in [0.5, 0.6) is 0 Å². The summed E-state index contributed by atoms with van der Waals surface area (Å²) in [5, 5.41) is 2.92. The van der Waals surface area contributed by atoms with E-state index in [9.17, 15) is 16.8 Å². The maximum atomic E-state index is 12.2. The lowest BCUT2D eigenvalue weighted by atomic mass is 10.4. The minimum absolute atomic E-state index is 0.00874. The number of nitrogens with one attached hydrogen (secondary N) is 2. The van der Waals surface area contributed by atoms with Crippen molar-refractivity contribution >= 4 is 25.7 Å². The summed E-state index contributed by atoms with van der Waals surface area (Å²) >= 11 is 0. The van der Waals surface area contributed by atoms with Gasteiger partial charge in [0.25, 0.3) is 0 Å². The summed E-state index contributed by atoms with van der Waals surface area (Å²) in [6.07, 6.45) is 4.57. The third-order valence-electron chi connectivity index (χ3n) is 3.14. The zero-order chi connectivity index (χ0) is 17.6. The van der Waals surface area contributed by atoms with Crippen molar-refractivity contribution in [2.24, 2.45) is 0 Å².